The largest absolute Gasteiger partial charge is 0.440 e. The van der Waals surface area contributed by atoms with E-state index in [2.05, 4.69) is 4.98 Å². The summed E-state index contributed by atoms with van der Waals surface area (Å²) in [6.45, 7) is 0. The number of nitrogens with zero attached hydrogens (tertiary/aromatic N) is 1. The molecule has 1 saturated carbocycles. The molecule has 78 valence electrons. The lowest BCUT2D eigenvalue weighted by Gasteiger charge is -2.31. The number of rotatable bonds is 3. The molecule has 0 atom stereocenters. The molecule has 0 bridgehead atoms. The molecule has 1 aromatic rings. The summed E-state index contributed by atoms with van der Waals surface area (Å²) in [4.78, 5) is 4.02. The Morgan fingerprint density at radius 1 is 1.43 bits per heavy atom. The molecule has 0 spiro atoms. The topological polar surface area (TPSA) is 46.3 Å². The summed E-state index contributed by atoms with van der Waals surface area (Å²) in [5.74, 6) is 0.702. The first-order valence-corrected chi connectivity index (χ1v) is 6.02. The highest BCUT2D eigenvalue weighted by Gasteiger charge is 2.29. The molecule has 1 aromatic heterocycles. The van der Waals surface area contributed by atoms with Crippen molar-refractivity contribution in [1.82, 2.24) is 4.98 Å². The lowest BCUT2D eigenvalue weighted by molar-refractivity contribution is 0.0271. The van der Waals surface area contributed by atoms with Crippen molar-refractivity contribution in [2.75, 3.05) is 5.75 Å². The van der Waals surface area contributed by atoms with Crippen LogP contribution in [0.15, 0.2) is 22.1 Å². The molecule has 1 N–H and O–H groups in total. The maximum atomic E-state index is 10.2. The first-order chi connectivity index (χ1) is 6.79. The summed E-state index contributed by atoms with van der Waals surface area (Å²) in [6, 6.07) is 0. The zero-order valence-corrected chi connectivity index (χ0v) is 8.92. The maximum Gasteiger partial charge on any atom is 0.255 e. The fraction of sp³-hybridized carbons (Fsp3) is 0.700. The quantitative estimate of drug-likeness (QED) is 0.783. The summed E-state index contributed by atoms with van der Waals surface area (Å²) in [5, 5.41) is 10.8. The number of aliphatic hydroxyl groups is 1. The minimum atomic E-state index is -0.489. The predicted molar refractivity (Wildman–Crippen MR) is 55.3 cm³/mol. The van der Waals surface area contributed by atoms with Crippen LogP contribution < -0.4 is 0 Å². The highest BCUT2D eigenvalue weighted by atomic mass is 32.2. The van der Waals surface area contributed by atoms with Crippen molar-refractivity contribution in [3.63, 3.8) is 0 Å². The van der Waals surface area contributed by atoms with E-state index < -0.39 is 5.60 Å². The van der Waals surface area contributed by atoms with E-state index in [1.165, 1.54) is 18.2 Å². The Morgan fingerprint density at radius 2 is 2.21 bits per heavy atom. The van der Waals surface area contributed by atoms with Crippen molar-refractivity contribution >= 4 is 11.8 Å². The summed E-state index contributed by atoms with van der Waals surface area (Å²) >= 11 is 1.50. The summed E-state index contributed by atoms with van der Waals surface area (Å²) in [7, 11) is 0. The van der Waals surface area contributed by atoms with E-state index >= 15 is 0 Å². The molecule has 14 heavy (non-hydrogen) atoms. The second kappa shape index (κ2) is 4.36. The Kier molecular flexibility index (Phi) is 3.13. The number of aromatic nitrogens is 1. The average molecular weight is 213 g/mol. The molecule has 0 aliphatic heterocycles. The van der Waals surface area contributed by atoms with Gasteiger partial charge in [-0.25, -0.2) is 4.98 Å². The summed E-state index contributed by atoms with van der Waals surface area (Å²) < 4.78 is 5.11. The number of thioether (sulfide) groups is 1. The van der Waals surface area contributed by atoms with Crippen LogP contribution in [0, 0.1) is 0 Å². The van der Waals surface area contributed by atoms with Crippen LogP contribution in [-0.2, 0) is 0 Å². The lowest BCUT2D eigenvalue weighted by Crippen LogP contribution is -2.33. The van der Waals surface area contributed by atoms with E-state index in [4.69, 9.17) is 4.42 Å². The number of oxazole rings is 1. The first-order valence-electron chi connectivity index (χ1n) is 5.03. The van der Waals surface area contributed by atoms with Crippen LogP contribution in [-0.4, -0.2) is 21.4 Å². The standard InChI is InChI=1S/C10H15NO2S/c12-10(4-2-1-3-5-10)8-14-9-11-6-7-13-9/h6-7,12H,1-5,8H2. The van der Waals surface area contributed by atoms with Crippen LogP contribution in [0.25, 0.3) is 0 Å². The highest BCUT2D eigenvalue weighted by molar-refractivity contribution is 7.99. The Hall–Kier alpha value is -0.480. The van der Waals surface area contributed by atoms with Crippen molar-refractivity contribution in [2.24, 2.45) is 0 Å². The van der Waals surface area contributed by atoms with Crippen molar-refractivity contribution in [3.8, 4) is 0 Å². The SMILES string of the molecule is OC1(CSc2ncco2)CCCCC1. The first kappa shape index (κ1) is 10.1. The molecule has 3 nitrogen and oxygen atoms in total. The third kappa shape index (κ3) is 2.51. The molecule has 0 amide bonds. The fourth-order valence-electron chi connectivity index (χ4n) is 1.83. The summed E-state index contributed by atoms with van der Waals surface area (Å²) in [6.07, 6.45) is 8.57. The lowest BCUT2D eigenvalue weighted by atomic mass is 9.86. The van der Waals surface area contributed by atoms with Crippen molar-refractivity contribution in [1.29, 1.82) is 0 Å². The van der Waals surface area contributed by atoms with Crippen molar-refractivity contribution < 1.29 is 9.52 Å². The molecular formula is C10H15NO2S. The second-order valence-electron chi connectivity index (χ2n) is 3.87. The van der Waals surface area contributed by atoms with E-state index in [-0.39, 0.29) is 0 Å². The van der Waals surface area contributed by atoms with E-state index in [1.807, 2.05) is 0 Å². The van der Waals surface area contributed by atoms with Gasteiger partial charge in [-0.1, -0.05) is 31.0 Å². The normalized spacial score (nSPS) is 20.9. The van der Waals surface area contributed by atoms with Gasteiger partial charge in [0.2, 0.25) is 0 Å². The van der Waals surface area contributed by atoms with Gasteiger partial charge in [-0.15, -0.1) is 0 Å². The molecule has 1 heterocycles. The van der Waals surface area contributed by atoms with Crippen LogP contribution in [0.5, 0.6) is 0 Å². The Labute approximate surface area is 87.9 Å². The molecule has 1 aliphatic rings. The van der Waals surface area contributed by atoms with Gasteiger partial charge in [0.15, 0.2) is 0 Å². The monoisotopic (exact) mass is 213 g/mol. The highest BCUT2D eigenvalue weighted by Crippen LogP contribution is 2.32. The van der Waals surface area contributed by atoms with Gasteiger partial charge in [-0.2, -0.15) is 0 Å². The molecular weight excluding hydrogens is 198 g/mol. The number of hydrogen-bond acceptors (Lipinski definition) is 4. The van der Waals surface area contributed by atoms with Crippen molar-refractivity contribution in [2.45, 2.75) is 42.9 Å². The predicted octanol–water partition coefficient (Wildman–Crippen LogP) is 2.46. The van der Waals surface area contributed by atoms with Crippen LogP contribution in [0.3, 0.4) is 0 Å². The number of hydrogen-bond donors (Lipinski definition) is 1. The van der Waals surface area contributed by atoms with Gasteiger partial charge in [0.25, 0.3) is 5.22 Å². The van der Waals surface area contributed by atoms with Gasteiger partial charge in [0, 0.05) is 5.75 Å². The van der Waals surface area contributed by atoms with Crippen LogP contribution >= 0.6 is 11.8 Å². The Bertz CT molecular complexity index is 268. The molecule has 0 aromatic carbocycles. The zero-order chi connectivity index (χ0) is 9.86. The van der Waals surface area contributed by atoms with Crippen LogP contribution in [0.4, 0.5) is 0 Å². The third-order valence-electron chi connectivity index (χ3n) is 2.66. The fourth-order valence-corrected chi connectivity index (χ4v) is 2.77. The molecule has 4 heteroatoms. The molecule has 1 fully saturated rings. The molecule has 0 saturated heterocycles. The zero-order valence-electron chi connectivity index (χ0n) is 8.11. The molecule has 2 rings (SSSR count). The van der Waals surface area contributed by atoms with Crippen LogP contribution in [0.1, 0.15) is 32.1 Å². The molecule has 1 aliphatic carbocycles. The van der Waals surface area contributed by atoms with Gasteiger partial charge in [0.05, 0.1) is 11.8 Å². The molecule has 0 unspecified atom stereocenters. The van der Waals surface area contributed by atoms with Gasteiger partial charge < -0.3 is 9.52 Å². The van der Waals surface area contributed by atoms with E-state index in [0.29, 0.717) is 11.0 Å². The van der Waals surface area contributed by atoms with Crippen LogP contribution in [0.2, 0.25) is 0 Å². The van der Waals surface area contributed by atoms with Gasteiger partial charge in [0.1, 0.15) is 6.26 Å². The second-order valence-corrected chi connectivity index (χ2v) is 4.80. The van der Waals surface area contributed by atoms with E-state index in [0.717, 1.165) is 25.7 Å². The smallest absolute Gasteiger partial charge is 0.255 e. The Morgan fingerprint density at radius 3 is 2.86 bits per heavy atom. The van der Waals surface area contributed by atoms with Gasteiger partial charge in [-0.3, -0.25) is 0 Å². The molecule has 0 radical (unpaired) electrons. The summed E-state index contributed by atoms with van der Waals surface area (Å²) in [5.41, 5.74) is -0.489. The maximum absolute atomic E-state index is 10.2. The minimum Gasteiger partial charge on any atom is -0.440 e. The third-order valence-corrected chi connectivity index (χ3v) is 3.79. The van der Waals surface area contributed by atoms with Gasteiger partial charge in [-0.05, 0) is 12.8 Å². The average Bonchev–Trinajstić information content (AvgIpc) is 2.69. The van der Waals surface area contributed by atoms with E-state index in [9.17, 15) is 5.11 Å². The van der Waals surface area contributed by atoms with Gasteiger partial charge >= 0.3 is 0 Å². The van der Waals surface area contributed by atoms with Crippen molar-refractivity contribution in [3.05, 3.63) is 12.5 Å². The minimum absolute atomic E-state index is 0.489. The Balaban J connectivity index is 1.84. The van der Waals surface area contributed by atoms with E-state index in [1.54, 1.807) is 12.5 Å².